The number of hydrogen-bond donors (Lipinski definition) is 1. The Kier molecular flexibility index (Phi) is 4.97. The molecule has 17 heteroatoms. The number of H-pyrrole nitrogens is 1. The van der Waals surface area contributed by atoms with E-state index in [-0.39, 0.29) is 0 Å². The van der Waals surface area contributed by atoms with Crippen LogP contribution in [0, 0.1) is 17.0 Å². The van der Waals surface area contributed by atoms with Crippen molar-refractivity contribution in [3.05, 3.63) is 21.5 Å². The highest BCUT2D eigenvalue weighted by Gasteiger charge is 2.79. The molecule has 26 heavy (non-hydrogen) atoms. The number of hydrogen-bond acceptors (Lipinski definition) is 4. The Morgan fingerprint density at radius 1 is 0.962 bits per heavy atom. The first-order valence-electron chi connectivity index (χ1n) is 5.77. The molecule has 0 radical (unpaired) electrons. The normalized spacial score (nSPS) is 16.5. The zero-order valence-electron chi connectivity index (χ0n) is 11.8. The van der Waals surface area contributed by atoms with E-state index in [0.717, 1.165) is 0 Å². The van der Waals surface area contributed by atoms with Crippen LogP contribution in [0.5, 0.6) is 0 Å². The van der Waals surface area contributed by atoms with Crippen LogP contribution in [-0.4, -0.2) is 39.5 Å². The fraction of sp³-hybridized carbons (Fsp3) is 0.667. The molecule has 0 fully saturated rings. The fourth-order valence-corrected chi connectivity index (χ4v) is 1.52. The molecule has 1 aromatic rings. The van der Waals surface area contributed by atoms with Gasteiger partial charge in [0.1, 0.15) is 5.69 Å². The van der Waals surface area contributed by atoms with Crippen molar-refractivity contribution in [1.29, 1.82) is 0 Å². The third-order valence-corrected chi connectivity index (χ3v) is 2.76. The van der Waals surface area contributed by atoms with Crippen LogP contribution in [0.1, 0.15) is 11.4 Å². The average Bonchev–Trinajstić information content (AvgIpc) is 2.77. The molecule has 0 saturated heterocycles. The first-order chi connectivity index (χ1) is 11.3. The maximum atomic E-state index is 14.2. The van der Waals surface area contributed by atoms with Gasteiger partial charge in [-0.25, -0.2) is 0 Å². The maximum absolute atomic E-state index is 14.2. The second kappa shape index (κ2) is 5.92. The van der Waals surface area contributed by atoms with Crippen LogP contribution < -0.4 is 0 Å². The van der Waals surface area contributed by atoms with Gasteiger partial charge in [0.05, 0.1) is 4.92 Å². The van der Waals surface area contributed by atoms with Gasteiger partial charge in [-0.2, -0.15) is 53.4 Å². The van der Waals surface area contributed by atoms with Gasteiger partial charge in [0.15, 0.2) is 0 Å². The predicted octanol–water partition coefficient (Wildman–Crippen LogP) is 4.12. The summed E-state index contributed by atoms with van der Waals surface area (Å²) < 4.78 is 142. The molecule has 0 unspecified atom stereocenters. The molecule has 150 valence electrons. The van der Waals surface area contributed by atoms with Gasteiger partial charge >= 0.3 is 35.9 Å². The summed E-state index contributed by atoms with van der Waals surface area (Å²) in [6.07, 6.45) is -21.0. The Morgan fingerprint density at radius 2 is 1.42 bits per heavy atom. The number of aromatic amines is 1. The summed E-state index contributed by atoms with van der Waals surface area (Å²) in [6, 6.07) is 0. The zero-order valence-corrected chi connectivity index (χ0v) is 11.8. The van der Waals surface area contributed by atoms with Crippen LogP contribution in [0.15, 0.2) is 0 Å². The molecule has 1 heterocycles. The second-order valence-electron chi connectivity index (χ2n) is 4.59. The SMILES string of the molecule is Cc1[nH]nc([C@@](F)(OC(F)(F)C(F)(F)C(F)(F)F)C(F)(F)F)c1[N+](=O)[O-]. The van der Waals surface area contributed by atoms with E-state index in [2.05, 4.69) is 9.84 Å². The number of halogens is 11. The molecular formula is C9H4F11N3O3. The summed E-state index contributed by atoms with van der Waals surface area (Å²) in [6.45, 7) is 0.619. The lowest BCUT2D eigenvalue weighted by Gasteiger charge is -2.33. The number of nitrogens with zero attached hydrogens (tertiary/aromatic N) is 2. The molecule has 1 N–H and O–H groups in total. The van der Waals surface area contributed by atoms with Crippen molar-refractivity contribution in [2.75, 3.05) is 0 Å². The lowest BCUT2D eigenvalue weighted by atomic mass is 10.1. The summed E-state index contributed by atoms with van der Waals surface area (Å²) in [5.74, 6) is -13.5. The van der Waals surface area contributed by atoms with E-state index in [4.69, 9.17) is 0 Å². The number of nitro groups is 1. The lowest BCUT2D eigenvalue weighted by Crippen LogP contribution is -2.58. The van der Waals surface area contributed by atoms with Crippen LogP contribution in [0.4, 0.5) is 54.0 Å². The Bertz CT molecular complexity index is 695. The van der Waals surface area contributed by atoms with Crippen molar-refractivity contribution in [3.63, 3.8) is 0 Å². The lowest BCUT2D eigenvalue weighted by molar-refractivity contribution is -0.490. The minimum atomic E-state index is -7.28. The summed E-state index contributed by atoms with van der Waals surface area (Å²) in [5, 5.41) is 14.4. The molecule has 1 aromatic heterocycles. The molecule has 0 saturated carbocycles. The summed E-state index contributed by atoms with van der Waals surface area (Å²) in [4.78, 5) is 8.87. The van der Waals surface area contributed by atoms with Gasteiger partial charge in [-0.3, -0.25) is 19.9 Å². The highest BCUT2D eigenvalue weighted by atomic mass is 19.4. The van der Waals surface area contributed by atoms with Crippen molar-refractivity contribution in [1.82, 2.24) is 10.2 Å². The number of aryl methyl sites for hydroxylation is 1. The molecule has 0 aromatic carbocycles. The summed E-state index contributed by atoms with van der Waals surface area (Å²) >= 11 is 0. The number of nitrogens with one attached hydrogen (secondary N) is 1. The Morgan fingerprint density at radius 3 is 1.77 bits per heavy atom. The minimum Gasteiger partial charge on any atom is -0.275 e. The molecule has 6 nitrogen and oxygen atoms in total. The van der Waals surface area contributed by atoms with Crippen molar-refractivity contribution in [2.24, 2.45) is 0 Å². The first-order valence-corrected chi connectivity index (χ1v) is 5.77. The molecule has 1 rings (SSSR count). The Labute approximate surface area is 134 Å². The number of rotatable bonds is 5. The molecule has 0 aliphatic carbocycles. The molecule has 0 aliphatic heterocycles. The van der Waals surface area contributed by atoms with Crippen LogP contribution >= 0.6 is 0 Å². The molecule has 0 aliphatic rings. The van der Waals surface area contributed by atoms with E-state index in [1.807, 2.05) is 0 Å². The largest absolute Gasteiger partial charge is 0.462 e. The van der Waals surface area contributed by atoms with Gasteiger partial charge < -0.3 is 0 Å². The topological polar surface area (TPSA) is 81.0 Å². The van der Waals surface area contributed by atoms with E-state index in [1.165, 1.54) is 5.10 Å². The number of aromatic nitrogens is 2. The third kappa shape index (κ3) is 3.26. The van der Waals surface area contributed by atoms with Crippen LogP contribution in [-0.2, 0) is 10.6 Å². The summed E-state index contributed by atoms with van der Waals surface area (Å²) in [7, 11) is 0. The second-order valence-corrected chi connectivity index (χ2v) is 4.59. The standard InChI is InChI=1S/C9H4F11N3O3/c1-2-3(23(24)25)4(22-21-2)5(10,7(13,14)15)26-9(19,20)6(11,12)8(16,17)18/h1H3,(H,21,22)/t5-/m1/s1. The minimum absolute atomic E-state index is 0.619. The monoisotopic (exact) mass is 411 g/mol. The number of alkyl halides is 11. The molecule has 0 amide bonds. The Balaban J connectivity index is 3.62. The van der Waals surface area contributed by atoms with E-state index in [9.17, 15) is 58.4 Å². The van der Waals surface area contributed by atoms with Crippen molar-refractivity contribution in [2.45, 2.75) is 37.2 Å². The van der Waals surface area contributed by atoms with Gasteiger partial charge in [0.2, 0.25) is 5.69 Å². The summed E-state index contributed by atoms with van der Waals surface area (Å²) in [5.41, 5.74) is -5.52. The van der Waals surface area contributed by atoms with E-state index in [1.54, 1.807) is 0 Å². The zero-order chi connectivity index (χ0) is 20.9. The van der Waals surface area contributed by atoms with Crippen LogP contribution in [0.2, 0.25) is 0 Å². The van der Waals surface area contributed by atoms with E-state index >= 15 is 0 Å². The van der Waals surface area contributed by atoms with Gasteiger partial charge in [0, 0.05) is 0 Å². The molecule has 0 spiro atoms. The van der Waals surface area contributed by atoms with Crippen molar-refractivity contribution in [3.8, 4) is 0 Å². The van der Waals surface area contributed by atoms with Crippen LogP contribution in [0.25, 0.3) is 0 Å². The van der Waals surface area contributed by atoms with Crippen molar-refractivity contribution >= 4 is 5.69 Å². The third-order valence-electron chi connectivity index (χ3n) is 2.76. The van der Waals surface area contributed by atoms with Gasteiger partial charge in [-0.1, -0.05) is 0 Å². The fourth-order valence-electron chi connectivity index (χ4n) is 1.52. The van der Waals surface area contributed by atoms with Gasteiger partial charge in [0.25, 0.3) is 0 Å². The Hall–Kier alpha value is -2.20. The highest BCUT2D eigenvalue weighted by Crippen LogP contribution is 2.54. The smallest absolute Gasteiger partial charge is 0.275 e. The predicted molar refractivity (Wildman–Crippen MR) is 55.9 cm³/mol. The van der Waals surface area contributed by atoms with Gasteiger partial charge in [-0.05, 0) is 6.92 Å². The van der Waals surface area contributed by atoms with Crippen molar-refractivity contribution < 1.29 is 58.0 Å². The quantitative estimate of drug-likeness (QED) is 0.449. The van der Waals surface area contributed by atoms with E-state index < -0.39 is 52.2 Å². The highest BCUT2D eigenvalue weighted by molar-refractivity contribution is 5.42. The van der Waals surface area contributed by atoms with Gasteiger partial charge in [-0.15, -0.1) is 0 Å². The molecular weight excluding hydrogens is 407 g/mol. The number of ether oxygens (including phenoxy) is 1. The average molecular weight is 411 g/mol. The molecule has 0 bridgehead atoms. The van der Waals surface area contributed by atoms with E-state index in [0.29, 0.717) is 6.92 Å². The maximum Gasteiger partial charge on any atom is 0.462 e. The first kappa shape index (κ1) is 21.8. The molecule has 1 atom stereocenters. The van der Waals surface area contributed by atoms with Crippen LogP contribution in [0.3, 0.4) is 0 Å².